The van der Waals surface area contributed by atoms with Gasteiger partial charge in [0.05, 0.1) is 5.92 Å². The van der Waals surface area contributed by atoms with E-state index in [-0.39, 0.29) is 11.8 Å². The first-order valence-corrected chi connectivity index (χ1v) is 8.98. The zero-order valence-electron chi connectivity index (χ0n) is 14.6. The molecule has 2 unspecified atom stereocenters. The number of likely N-dealkylation sites (tertiary alicyclic amines) is 1. The summed E-state index contributed by atoms with van der Waals surface area (Å²) in [6.07, 6.45) is 4.62. The zero-order valence-corrected chi connectivity index (χ0v) is 14.6. The summed E-state index contributed by atoms with van der Waals surface area (Å²) < 4.78 is 0. The van der Waals surface area contributed by atoms with Gasteiger partial charge < -0.3 is 10.0 Å². The van der Waals surface area contributed by atoms with Crippen LogP contribution in [0.15, 0.2) is 30.3 Å². The van der Waals surface area contributed by atoms with Crippen LogP contribution in [0.2, 0.25) is 0 Å². The number of amides is 1. The normalized spacial score (nSPS) is 25.2. The van der Waals surface area contributed by atoms with Gasteiger partial charge in [0.25, 0.3) is 0 Å². The summed E-state index contributed by atoms with van der Waals surface area (Å²) in [5, 5.41) is 9.62. The van der Waals surface area contributed by atoms with Gasteiger partial charge in [-0.2, -0.15) is 0 Å². The van der Waals surface area contributed by atoms with E-state index in [1.54, 1.807) is 4.90 Å². The highest BCUT2D eigenvalue weighted by Gasteiger charge is 2.46. The molecule has 130 valence electrons. The van der Waals surface area contributed by atoms with Gasteiger partial charge >= 0.3 is 5.97 Å². The molecule has 1 aliphatic carbocycles. The lowest BCUT2D eigenvalue weighted by Gasteiger charge is -2.34. The molecule has 0 bridgehead atoms. The third-order valence-corrected chi connectivity index (χ3v) is 6.08. The largest absolute Gasteiger partial charge is 0.481 e. The number of benzene rings is 1. The molecule has 4 nitrogen and oxygen atoms in total. The highest BCUT2D eigenvalue weighted by molar-refractivity contribution is 5.84. The number of carboxylic acids is 1. The van der Waals surface area contributed by atoms with Crippen LogP contribution in [0.1, 0.15) is 51.0 Å². The summed E-state index contributed by atoms with van der Waals surface area (Å²) in [5.41, 5.74) is 0.615. The lowest BCUT2D eigenvalue weighted by atomic mass is 9.76. The van der Waals surface area contributed by atoms with Gasteiger partial charge in [-0.05, 0) is 24.3 Å². The zero-order chi connectivity index (χ0) is 17.3. The first-order valence-electron chi connectivity index (χ1n) is 8.98. The van der Waals surface area contributed by atoms with Crippen molar-refractivity contribution in [3.05, 3.63) is 35.9 Å². The Morgan fingerprint density at radius 2 is 1.71 bits per heavy atom. The van der Waals surface area contributed by atoms with Gasteiger partial charge in [0.15, 0.2) is 0 Å². The van der Waals surface area contributed by atoms with Crippen molar-refractivity contribution in [1.29, 1.82) is 0 Å². The van der Waals surface area contributed by atoms with Crippen LogP contribution in [0.5, 0.6) is 0 Å². The van der Waals surface area contributed by atoms with Crippen LogP contribution in [0.4, 0.5) is 0 Å². The van der Waals surface area contributed by atoms with Gasteiger partial charge in [-0.15, -0.1) is 0 Å². The quantitative estimate of drug-likeness (QED) is 0.919. The molecule has 24 heavy (non-hydrogen) atoms. The van der Waals surface area contributed by atoms with Crippen molar-refractivity contribution in [1.82, 2.24) is 4.90 Å². The van der Waals surface area contributed by atoms with Gasteiger partial charge in [0.1, 0.15) is 0 Å². The molecule has 1 aromatic rings. The summed E-state index contributed by atoms with van der Waals surface area (Å²) in [7, 11) is 0. The second-order valence-electron chi connectivity index (χ2n) is 7.88. The Morgan fingerprint density at radius 1 is 1.08 bits per heavy atom. The van der Waals surface area contributed by atoms with Crippen LogP contribution >= 0.6 is 0 Å². The molecule has 1 saturated heterocycles. The van der Waals surface area contributed by atoms with Gasteiger partial charge in [0.2, 0.25) is 5.91 Å². The van der Waals surface area contributed by atoms with Gasteiger partial charge in [-0.25, -0.2) is 0 Å². The minimum atomic E-state index is -0.808. The Labute approximate surface area is 143 Å². The molecule has 1 heterocycles. The maximum atomic E-state index is 13.1. The molecule has 0 spiro atoms. The van der Waals surface area contributed by atoms with E-state index >= 15 is 0 Å². The molecule has 1 aromatic carbocycles. The number of carbonyl (C=O) groups excluding carboxylic acids is 1. The lowest BCUT2D eigenvalue weighted by molar-refractivity contribution is -0.144. The van der Waals surface area contributed by atoms with Crippen molar-refractivity contribution < 1.29 is 14.7 Å². The standard InChI is InChI=1S/C20H27NO3/c1-20(2,15-10-6-7-11-15)19(24)21-12-16(17(13-21)18(22)23)14-8-4-3-5-9-14/h3-5,8-9,15-17H,6-7,10-13H2,1-2H3,(H,22,23). The number of aliphatic carboxylic acids is 1. The molecule has 1 saturated carbocycles. The Kier molecular flexibility index (Phi) is 4.66. The van der Waals surface area contributed by atoms with E-state index in [1.807, 2.05) is 44.2 Å². The third kappa shape index (κ3) is 3.06. The van der Waals surface area contributed by atoms with E-state index in [1.165, 1.54) is 12.8 Å². The molecule has 2 fully saturated rings. The lowest BCUT2D eigenvalue weighted by Crippen LogP contribution is -2.43. The molecule has 1 aliphatic heterocycles. The number of carbonyl (C=O) groups is 2. The van der Waals surface area contributed by atoms with Gasteiger partial charge in [-0.3, -0.25) is 9.59 Å². The van der Waals surface area contributed by atoms with Crippen LogP contribution in [0.3, 0.4) is 0 Å². The van der Waals surface area contributed by atoms with Crippen molar-refractivity contribution in [2.24, 2.45) is 17.3 Å². The molecule has 1 amide bonds. The van der Waals surface area contributed by atoms with Crippen molar-refractivity contribution in [3.63, 3.8) is 0 Å². The number of hydrogen-bond donors (Lipinski definition) is 1. The van der Waals surface area contributed by atoms with Crippen LogP contribution < -0.4 is 0 Å². The fourth-order valence-corrected chi connectivity index (χ4v) is 4.49. The van der Waals surface area contributed by atoms with Crippen molar-refractivity contribution in [2.45, 2.75) is 45.4 Å². The van der Waals surface area contributed by atoms with Crippen LogP contribution in [0.25, 0.3) is 0 Å². The molecule has 4 heteroatoms. The Hall–Kier alpha value is -1.84. The third-order valence-electron chi connectivity index (χ3n) is 6.08. The average molecular weight is 329 g/mol. The van der Waals surface area contributed by atoms with Gasteiger partial charge in [0, 0.05) is 24.4 Å². The summed E-state index contributed by atoms with van der Waals surface area (Å²) in [6.45, 7) is 4.91. The van der Waals surface area contributed by atoms with Crippen LogP contribution in [-0.2, 0) is 9.59 Å². The number of hydrogen-bond acceptors (Lipinski definition) is 2. The highest BCUT2D eigenvalue weighted by Crippen LogP contribution is 2.43. The smallest absolute Gasteiger partial charge is 0.308 e. The number of nitrogens with zero attached hydrogens (tertiary/aromatic N) is 1. The predicted molar refractivity (Wildman–Crippen MR) is 92.6 cm³/mol. The Morgan fingerprint density at radius 3 is 2.29 bits per heavy atom. The first kappa shape index (κ1) is 17.0. The maximum absolute atomic E-state index is 13.1. The molecule has 2 aliphatic rings. The average Bonchev–Trinajstić information content (AvgIpc) is 3.25. The highest BCUT2D eigenvalue weighted by atomic mass is 16.4. The molecule has 3 rings (SSSR count). The Bertz CT molecular complexity index is 605. The SMILES string of the molecule is CC(C)(C(=O)N1CC(C(=O)O)C(c2ccccc2)C1)C1CCCC1. The fraction of sp³-hybridized carbons (Fsp3) is 0.600. The van der Waals surface area contributed by atoms with E-state index in [0.717, 1.165) is 18.4 Å². The summed E-state index contributed by atoms with van der Waals surface area (Å²) in [6, 6.07) is 9.73. The summed E-state index contributed by atoms with van der Waals surface area (Å²) >= 11 is 0. The number of carboxylic acid groups (broad SMARTS) is 1. The van der Waals surface area contributed by atoms with E-state index in [9.17, 15) is 14.7 Å². The summed E-state index contributed by atoms with van der Waals surface area (Å²) in [4.78, 5) is 26.7. The minimum Gasteiger partial charge on any atom is -0.481 e. The molecule has 0 aromatic heterocycles. The second-order valence-corrected chi connectivity index (χ2v) is 7.88. The first-order chi connectivity index (χ1) is 11.4. The van der Waals surface area contributed by atoms with Crippen molar-refractivity contribution >= 4 is 11.9 Å². The van der Waals surface area contributed by atoms with Crippen LogP contribution in [-0.4, -0.2) is 35.0 Å². The topological polar surface area (TPSA) is 57.6 Å². The van der Waals surface area contributed by atoms with E-state index in [4.69, 9.17) is 0 Å². The monoisotopic (exact) mass is 329 g/mol. The van der Waals surface area contributed by atoms with E-state index in [2.05, 4.69) is 0 Å². The molecule has 0 radical (unpaired) electrons. The Balaban J connectivity index is 1.80. The summed E-state index contributed by atoms with van der Waals surface area (Å²) in [5.74, 6) is -0.899. The molecule has 1 N–H and O–H groups in total. The second kappa shape index (κ2) is 6.58. The number of rotatable bonds is 4. The van der Waals surface area contributed by atoms with Gasteiger partial charge in [-0.1, -0.05) is 57.0 Å². The molecule has 2 atom stereocenters. The van der Waals surface area contributed by atoms with Crippen molar-refractivity contribution in [3.8, 4) is 0 Å². The van der Waals surface area contributed by atoms with Crippen LogP contribution in [0, 0.1) is 17.3 Å². The van der Waals surface area contributed by atoms with Crippen molar-refractivity contribution in [2.75, 3.05) is 13.1 Å². The van der Waals surface area contributed by atoms with E-state index < -0.39 is 17.3 Å². The predicted octanol–water partition coefficient (Wildman–Crippen LogP) is 3.53. The fourth-order valence-electron chi connectivity index (χ4n) is 4.49. The minimum absolute atomic E-state index is 0.118. The van der Waals surface area contributed by atoms with E-state index in [0.29, 0.717) is 19.0 Å². The molecular formula is C20H27NO3. The molecular weight excluding hydrogens is 302 g/mol. The maximum Gasteiger partial charge on any atom is 0.308 e.